The van der Waals surface area contributed by atoms with Crippen LogP contribution in [0.25, 0.3) is 0 Å². The maximum absolute atomic E-state index is 12.2. The molecule has 0 saturated heterocycles. The summed E-state index contributed by atoms with van der Waals surface area (Å²) in [6.07, 6.45) is 0.223. The number of nitrogens with one attached hydrogen (secondary N) is 1. The minimum atomic E-state index is -0.119. The third-order valence-electron chi connectivity index (χ3n) is 3.82. The molecule has 0 aromatic heterocycles. The number of nitrogens with zero attached hydrogens (tertiary/aromatic N) is 1. The molecule has 5 nitrogen and oxygen atoms in total. The zero-order valence-electron chi connectivity index (χ0n) is 14.9. The fraction of sp³-hybridized carbons (Fsp3) is 0.300. The molecule has 0 heterocycles. The fourth-order valence-electron chi connectivity index (χ4n) is 2.50. The highest BCUT2D eigenvalue weighted by atomic mass is 16.5. The molecule has 2 aromatic rings. The van der Waals surface area contributed by atoms with Crippen molar-refractivity contribution in [3.05, 3.63) is 54.1 Å². The van der Waals surface area contributed by atoms with Crippen LogP contribution in [-0.4, -0.2) is 25.0 Å². The second-order valence-electron chi connectivity index (χ2n) is 5.71. The van der Waals surface area contributed by atoms with E-state index in [-0.39, 0.29) is 18.2 Å². The van der Waals surface area contributed by atoms with Crippen LogP contribution in [0.15, 0.2) is 48.5 Å². The topological polar surface area (TPSA) is 58.6 Å². The Labute approximate surface area is 148 Å². The molecular weight excluding hydrogens is 316 g/mol. The number of carbonyl (C=O) groups excluding carboxylic acids is 2. The summed E-state index contributed by atoms with van der Waals surface area (Å²) < 4.78 is 5.41. The van der Waals surface area contributed by atoms with Gasteiger partial charge in [-0.15, -0.1) is 0 Å². The predicted octanol–water partition coefficient (Wildman–Crippen LogP) is 3.78. The minimum absolute atomic E-state index is 0.104. The van der Waals surface area contributed by atoms with Crippen molar-refractivity contribution in [1.82, 2.24) is 0 Å². The molecular formula is C20H24N2O3. The Morgan fingerprint density at radius 3 is 2.36 bits per heavy atom. The van der Waals surface area contributed by atoms with Crippen LogP contribution >= 0.6 is 0 Å². The Hall–Kier alpha value is -2.82. The summed E-state index contributed by atoms with van der Waals surface area (Å²) >= 11 is 0. The maximum Gasteiger partial charge on any atom is 0.226 e. The van der Waals surface area contributed by atoms with Gasteiger partial charge in [-0.2, -0.15) is 0 Å². The van der Waals surface area contributed by atoms with E-state index in [1.165, 1.54) is 6.92 Å². The molecule has 132 valence electrons. The summed E-state index contributed by atoms with van der Waals surface area (Å²) in [5.41, 5.74) is 2.55. The summed E-state index contributed by atoms with van der Waals surface area (Å²) in [5, 5.41) is 2.88. The molecule has 0 saturated carbocycles. The molecule has 25 heavy (non-hydrogen) atoms. The van der Waals surface area contributed by atoms with Gasteiger partial charge in [-0.05, 0) is 49.7 Å². The molecule has 0 aliphatic heterocycles. The van der Waals surface area contributed by atoms with Gasteiger partial charge in [0.15, 0.2) is 0 Å². The standard InChI is InChI=1S/C20H24N2O3/c1-4-25-18-11-9-17(10-12-18)22(16(3)23)14-13-20(24)21-19-8-6-5-7-15(19)2/h5-12H,4,13-14H2,1-3H3,(H,21,24). The van der Waals surface area contributed by atoms with Crippen LogP contribution in [0.2, 0.25) is 0 Å². The van der Waals surface area contributed by atoms with Gasteiger partial charge >= 0.3 is 0 Å². The van der Waals surface area contributed by atoms with Crippen molar-refractivity contribution in [2.75, 3.05) is 23.4 Å². The van der Waals surface area contributed by atoms with Crippen LogP contribution in [0.1, 0.15) is 25.8 Å². The fourth-order valence-corrected chi connectivity index (χ4v) is 2.50. The number of para-hydroxylation sites is 1. The van der Waals surface area contributed by atoms with Crippen molar-refractivity contribution >= 4 is 23.2 Å². The smallest absolute Gasteiger partial charge is 0.226 e. The second kappa shape index (κ2) is 8.87. The van der Waals surface area contributed by atoms with Crippen LogP contribution in [0, 0.1) is 6.92 Å². The molecule has 0 fully saturated rings. The van der Waals surface area contributed by atoms with E-state index in [1.54, 1.807) is 4.90 Å². The van der Waals surface area contributed by atoms with Crippen molar-refractivity contribution in [3.63, 3.8) is 0 Å². The number of amides is 2. The summed E-state index contributed by atoms with van der Waals surface area (Å²) in [6.45, 7) is 6.27. The van der Waals surface area contributed by atoms with Crippen LogP contribution in [0.5, 0.6) is 5.75 Å². The van der Waals surface area contributed by atoms with Crippen LogP contribution in [0.3, 0.4) is 0 Å². The van der Waals surface area contributed by atoms with Crippen molar-refractivity contribution < 1.29 is 14.3 Å². The molecule has 2 rings (SSSR count). The van der Waals surface area contributed by atoms with E-state index in [4.69, 9.17) is 4.74 Å². The summed E-state index contributed by atoms with van der Waals surface area (Å²) in [4.78, 5) is 25.7. The van der Waals surface area contributed by atoms with E-state index in [9.17, 15) is 9.59 Å². The Morgan fingerprint density at radius 1 is 1.08 bits per heavy atom. The molecule has 0 bridgehead atoms. The van der Waals surface area contributed by atoms with Gasteiger partial charge < -0.3 is 15.0 Å². The third-order valence-corrected chi connectivity index (χ3v) is 3.82. The number of rotatable bonds is 7. The molecule has 2 amide bonds. The van der Waals surface area contributed by atoms with Crippen molar-refractivity contribution in [1.29, 1.82) is 0 Å². The van der Waals surface area contributed by atoms with Crippen molar-refractivity contribution in [3.8, 4) is 5.75 Å². The first-order chi connectivity index (χ1) is 12.0. The van der Waals surface area contributed by atoms with Gasteiger partial charge in [0.2, 0.25) is 11.8 Å². The first-order valence-corrected chi connectivity index (χ1v) is 8.37. The highest BCUT2D eigenvalue weighted by molar-refractivity contribution is 5.95. The minimum Gasteiger partial charge on any atom is -0.494 e. The van der Waals surface area contributed by atoms with Crippen LogP contribution < -0.4 is 15.0 Å². The summed E-state index contributed by atoms with van der Waals surface area (Å²) in [6, 6.07) is 14.9. The molecule has 0 spiro atoms. The lowest BCUT2D eigenvalue weighted by Gasteiger charge is -2.21. The van der Waals surface area contributed by atoms with E-state index in [0.29, 0.717) is 13.2 Å². The Morgan fingerprint density at radius 2 is 1.76 bits per heavy atom. The van der Waals surface area contributed by atoms with Crippen molar-refractivity contribution in [2.45, 2.75) is 27.2 Å². The van der Waals surface area contributed by atoms with Crippen LogP contribution in [0.4, 0.5) is 11.4 Å². The predicted molar refractivity (Wildman–Crippen MR) is 100 cm³/mol. The SMILES string of the molecule is CCOc1ccc(N(CCC(=O)Nc2ccccc2C)C(C)=O)cc1. The Balaban J connectivity index is 1.98. The van der Waals surface area contributed by atoms with Gasteiger partial charge in [0.05, 0.1) is 6.61 Å². The largest absolute Gasteiger partial charge is 0.494 e. The Kier molecular flexibility index (Phi) is 6.57. The molecule has 0 aliphatic rings. The number of aryl methyl sites for hydroxylation is 1. The summed E-state index contributed by atoms with van der Waals surface area (Å²) in [5.74, 6) is 0.534. The molecule has 0 radical (unpaired) electrons. The average Bonchev–Trinajstić information content (AvgIpc) is 2.58. The highest BCUT2D eigenvalue weighted by Gasteiger charge is 2.14. The monoisotopic (exact) mass is 340 g/mol. The highest BCUT2D eigenvalue weighted by Crippen LogP contribution is 2.20. The van der Waals surface area contributed by atoms with Gasteiger partial charge in [-0.3, -0.25) is 9.59 Å². The molecule has 0 unspecified atom stereocenters. The second-order valence-corrected chi connectivity index (χ2v) is 5.71. The van der Waals surface area contributed by atoms with Gasteiger partial charge in [0.1, 0.15) is 5.75 Å². The van der Waals surface area contributed by atoms with E-state index in [1.807, 2.05) is 62.4 Å². The van der Waals surface area contributed by atoms with E-state index in [0.717, 1.165) is 22.7 Å². The lowest BCUT2D eigenvalue weighted by molar-refractivity contribution is -0.117. The number of carbonyl (C=O) groups is 2. The van der Waals surface area contributed by atoms with Gasteiger partial charge in [-0.25, -0.2) is 0 Å². The van der Waals surface area contributed by atoms with Crippen molar-refractivity contribution in [2.24, 2.45) is 0 Å². The van der Waals surface area contributed by atoms with Gasteiger partial charge in [0.25, 0.3) is 0 Å². The van der Waals surface area contributed by atoms with E-state index < -0.39 is 0 Å². The number of benzene rings is 2. The third kappa shape index (κ3) is 5.35. The first kappa shape index (κ1) is 18.5. The van der Waals surface area contributed by atoms with Gasteiger partial charge in [-0.1, -0.05) is 18.2 Å². The zero-order chi connectivity index (χ0) is 18.2. The molecule has 2 aromatic carbocycles. The molecule has 1 N–H and O–H groups in total. The number of anilines is 2. The van der Waals surface area contributed by atoms with Gasteiger partial charge in [0, 0.05) is 31.3 Å². The molecule has 0 atom stereocenters. The number of ether oxygens (including phenoxy) is 1. The molecule has 5 heteroatoms. The average molecular weight is 340 g/mol. The van der Waals surface area contributed by atoms with E-state index in [2.05, 4.69) is 5.32 Å². The molecule has 0 aliphatic carbocycles. The lowest BCUT2D eigenvalue weighted by atomic mass is 10.2. The maximum atomic E-state index is 12.2. The zero-order valence-corrected chi connectivity index (χ0v) is 14.9. The quantitative estimate of drug-likeness (QED) is 0.834. The number of hydrogen-bond donors (Lipinski definition) is 1. The summed E-state index contributed by atoms with van der Waals surface area (Å²) in [7, 11) is 0. The van der Waals surface area contributed by atoms with Crippen LogP contribution in [-0.2, 0) is 9.59 Å². The number of hydrogen-bond acceptors (Lipinski definition) is 3. The first-order valence-electron chi connectivity index (χ1n) is 8.37. The normalized spacial score (nSPS) is 10.2. The lowest BCUT2D eigenvalue weighted by Crippen LogP contribution is -2.32. The Bertz CT molecular complexity index is 726. The van der Waals surface area contributed by atoms with E-state index >= 15 is 0 Å².